The molecule has 1 aliphatic carbocycles. The summed E-state index contributed by atoms with van der Waals surface area (Å²) in [7, 11) is 4.65. The van der Waals surface area contributed by atoms with Crippen molar-refractivity contribution in [1.29, 1.82) is 0 Å². The van der Waals surface area contributed by atoms with Crippen molar-refractivity contribution in [2.75, 3.05) is 27.9 Å². The molecule has 6 rings (SSSR count). The minimum absolute atomic E-state index is 0.0373. The molecule has 2 amide bonds. The highest BCUT2D eigenvalue weighted by atomic mass is 16.5. The van der Waals surface area contributed by atoms with E-state index < -0.39 is 6.04 Å². The van der Waals surface area contributed by atoms with E-state index in [-0.39, 0.29) is 29.2 Å². The molecule has 11 heteroatoms. The maximum Gasteiger partial charge on any atom is 0.224 e. The number of ether oxygens (including phenoxy) is 3. The van der Waals surface area contributed by atoms with Crippen molar-refractivity contribution >= 4 is 22.8 Å². The molecule has 1 aliphatic rings. The van der Waals surface area contributed by atoms with Crippen LogP contribution < -0.4 is 30.3 Å². The van der Waals surface area contributed by atoms with Gasteiger partial charge < -0.3 is 33.8 Å². The van der Waals surface area contributed by atoms with Crippen LogP contribution in [-0.4, -0.2) is 49.2 Å². The number of rotatable bonds is 10. The third-order valence-corrected chi connectivity index (χ3v) is 8.42. The van der Waals surface area contributed by atoms with E-state index in [1.807, 2.05) is 53.2 Å². The van der Waals surface area contributed by atoms with E-state index in [1.54, 1.807) is 26.7 Å². The molecule has 11 nitrogen and oxygen atoms in total. The fourth-order valence-electron chi connectivity index (χ4n) is 6.35. The number of aromatic nitrogens is 2. The third-order valence-electron chi connectivity index (χ3n) is 8.42. The van der Waals surface area contributed by atoms with E-state index in [2.05, 4.69) is 15.6 Å². The van der Waals surface area contributed by atoms with Gasteiger partial charge in [0.15, 0.2) is 17.1 Å². The van der Waals surface area contributed by atoms with Gasteiger partial charge >= 0.3 is 0 Å². The SMILES string of the molecule is COc1cc2c(c(OC)c1OC)-c1cc3c(CC(=O)NCCn4ccnc4)c(-c4ccccc4)oc3c(=O)cc1C(NC(C)=O)CC2. The first kappa shape index (κ1) is 31.4. The number of carbonyl (C=O) groups excluding carboxylic acids is 2. The van der Waals surface area contributed by atoms with Crippen LogP contribution in [0.25, 0.3) is 33.4 Å². The van der Waals surface area contributed by atoms with Crippen molar-refractivity contribution in [3.63, 3.8) is 0 Å². The van der Waals surface area contributed by atoms with Crippen LogP contribution in [-0.2, 0) is 29.0 Å². The van der Waals surface area contributed by atoms with Crippen LogP contribution in [0.15, 0.2) is 76.5 Å². The van der Waals surface area contributed by atoms with Crippen molar-refractivity contribution in [2.24, 2.45) is 0 Å². The highest BCUT2D eigenvalue weighted by Gasteiger charge is 2.31. The number of hydrogen-bond acceptors (Lipinski definition) is 8. The van der Waals surface area contributed by atoms with Crippen molar-refractivity contribution in [2.45, 2.75) is 38.8 Å². The summed E-state index contributed by atoms with van der Waals surface area (Å²) >= 11 is 0. The Hall–Kier alpha value is -5.58. The van der Waals surface area contributed by atoms with Gasteiger partial charge in [0.25, 0.3) is 0 Å². The molecule has 0 aliphatic heterocycles. The van der Waals surface area contributed by atoms with E-state index >= 15 is 0 Å². The Morgan fingerprint density at radius 3 is 2.51 bits per heavy atom. The van der Waals surface area contributed by atoms with Gasteiger partial charge in [-0.3, -0.25) is 14.4 Å². The van der Waals surface area contributed by atoms with E-state index in [1.165, 1.54) is 20.1 Å². The molecular formula is C36H36N4O7. The molecule has 47 heavy (non-hydrogen) atoms. The Kier molecular flexibility index (Phi) is 8.97. The molecule has 0 radical (unpaired) electrons. The predicted octanol–water partition coefficient (Wildman–Crippen LogP) is 4.83. The molecular weight excluding hydrogens is 600 g/mol. The van der Waals surface area contributed by atoms with Crippen LogP contribution in [0.1, 0.15) is 36.1 Å². The Morgan fingerprint density at radius 1 is 1.04 bits per heavy atom. The zero-order chi connectivity index (χ0) is 33.1. The number of furan rings is 1. The molecule has 242 valence electrons. The molecule has 2 N–H and O–H groups in total. The van der Waals surface area contributed by atoms with Gasteiger partial charge in [-0.15, -0.1) is 0 Å². The number of benzene rings is 2. The Labute approximate surface area is 271 Å². The Bertz CT molecular complexity index is 2000. The molecule has 0 saturated heterocycles. The van der Waals surface area contributed by atoms with Crippen molar-refractivity contribution in [1.82, 2.24) is 20.2 Å². The minimum atomic E-state index is -0.482. The zero-order valence-electron chi connectivity index (χ0n) is 26.7. The van der Waals surface area contributed by atoms with Gasteiger partial charge in [0.2, 0.25) is 23.0 Å². The number of nitrogens with zero attached hydrogens (tertiary/aromatic N) is 2. The summed E-state index contributed by atoms with van der Waals surface area (Å²) in [6.45, 7) is 2.40. The van der Waals surface area contributed by atoms with E-state index in [4.69, 9.17) is 18.6 Å². The molecule has 0 bridgehead atoms. The smallest absolute Gasteiger partial charge is 0.224 e. The van der Waals surface area contributed by atoms with Crippen LogP contribution in [0.4, 0.5) is 0 Å². The summed E-state index contributed by atoms with van der Waals surface area (Å²) in [5.74, 6) is 1.32. The zero-order valence-corrected chi connectivity index (χ0v) is 26.7. The van der Waals surface area contributed by atoms with Crippen LogP contribution in [0.3, 0.4) is 0 Å². The second-order valence-electron chi connectivity index (χ2n) is 11.3. The summed E-state index contributed by atoms with van der Waals surface area (Å²) in [6, 6.07) is 14.2. The van der Waals surface area contributed by atoms with Crippen LogP contribution >= 0.6 is 0 Å². The monoisotopic (exact) mass is 636 g/mol. The van der Waals surface area contributed by atoms with Gasteiger partial charge in [0.05, 0.1) is 40.1 Å². The van der Waals surface area contributed by atoms with Crippen LogP contribution in [0.2, 0.25) is 0 Å². The normalized spacial score (nSPS) is 13.7. The van der Waals surface area contributed by atoms with Crippen LogP contribution in [0, 0.1) is 0 Å². The number of methoxy groups -OCH3 is 3. The lowest BCUT2D eigenvalue weighted by atomic mass is 9.94. The molecule has 0 spiro atoms. The van der Waals surface area contributed by atoms with Gasteiger partial charge in [0, 0.05) is 54.5 Å². The van der Waals surface area contributed by atoms with E-state index in [0.717, 1.165) is 11.1 Å². The lowest BCUT2D eigenvalue weighted by molar-refractivity contribution is -0.121. The molecule has 0 saturated carbocycles. The summed E-state index contributed by atoms with van der Waals surface area (Å²) in [6.07, 6.45) is 6.24. The molecule has 2 aromatic heterocycles. The van der Waals surface area contributed by atoms with Crippen molar-refractivity contribution in [3.05, 3.63) is 94.2 Å². The standard InChI is InChI=1S/C36H36N4O7/c1-21(41)39-28-11-10-23-16-30(44-2)35(45-3)36(46-4)32(23)25-17-26-27(19-31(43)38-13-15-40-14-12-37-20-40)33(22-8-6-5-7-9-22)47-34(26)29(42)18-24(25)28/h5-9,12,14,16-18,20,28H,10-11,13,15,19H2,1-4H3,(H,38,43)(H,39,41). The van der Waals surface area contributed by atoms with Gasteiger partial charge in [-0.2, -0.15) is 0 Å². The predicted molar refractivity (Wildman–Crippen MR) is 177 cm³/mol. The minimum Gasteiger partial charge on any atom is -0.493 e. The quantitative estimate of drug-likeness (QED) is 0.223. The number of nitrogens with one attached hydrogen (secondary N) is 2. The highest BCUT2D eigenvalue weighted by Crippen LogP contribution is 2.51. The van der Waals surface area contributed by atoms with E-state index in [0.29, 0.717) is 76.6 Å². The summed E-state index contributed by atoms with van der Waals surface area (Å²) < 4.78 is 25.6. The average molecular weight is 637 g/mol. The molecule has 5 aromatic rings. The number of hydrogen-bond donors (Lipinski definition) is 2. The topological polar surface area (TPSA) is 134 Å². The number of fused-ring (bicyclic) bond motifs is 4. The van der Waals surface area contributed by atoms with Gasteiger partial charge in [0.1, 0.15) is 5.76 Å². The first-order valence-corrected chi connectivity index (χ1v) is 15.3. The number of carbonyl (C=O) groups is 2. The van der Waals surface area contributed by atoms with E-state index in [9.17, 15) is 14.4 Å². The number of imidazole rings is 1. The maximum absolute atomic E-state index is 14.1. The second kappa shape index (κ2) is 13.4. The lowest BCUT2D eigenvalue weighted by Crippen LogP contribution is -2.28. The molecule has 1 atom stereocenters. The van der Waals surface area contributed by atoms with Crippen molar-refractivity contribution < 1.29 is 28.2 Å². The lowest BCUT2D eigenvalue weighted by Gasteiger charge is -2.20. The number of aryl methyl sites for hydroxylation is 1. The largest absolute Gasteiger partial charge is 0.493 e. The average Bonchev–Trinajstić information content (AvgIpc) is 3.65. The first-order valence-electron chi connectivity index (χ1n) is 15.3. The maximum atomic E-state index is 14.1. The summed E-state index contributed by atoms with van der Waals surface area (Å²) in [5, 5.41) is 6.51. The van der Waals surface area contributed by atoms with Gasteiger partial charge in [-0.05, 0) is 47.7 Å². The van der Waals surface area contributed by atoms with Gasteiger partial charge in [-0.1, -0.05) is 30.3 Å². The third kappa shape index (κ3) is 6.16. The first-order chi connectivity index (χ1) is 22.8. The Morgan fingerprint density at radius 2 is 1.83 bits per heavy atom. The molecule has 3 aromatic carbocycles. The fourth-order valence-corrected chi connectivity index (χ4v) is 6.35. The van der Waals surface area contributed by atoms with Gasteiger partial charge in [-0.25, -0.2) is 4.98 Å². The molecule has 0 fully saturated rings. The van der Waals surface area contributed by atoms with Crippen LogP contribution in [0.5, 0.6) is 17.2 Å². The molecule has 2 heterocycles. The van der Waals surface area contributed by atoms with Crippen molar-refractivity contribution in [3.8, 4) is 39.7 Å². The fraction of sp³-hybridized carbons (Fsp3) is 0.278. The number of amides is 2. The Balaban J connectivity index is 1.60. The summed E-state index contributed by atoms with van der Waals surface area (Å²) in [5.41, 5.74) is 3.92. The molecule has 1 unspecified atom stereocenters. The second-order valence-corrected chi connectivity index (χ2v) is 11.3. The highest BCUT2D eigenvalue weighted by molar-refractivity contribution is 5.96. The summed E-state index contributed by atoms with van der Waals surface area (Å²) in [4.78, 5) is 44.0.